The van der Waals surface area contributed by atoms with Crippen molar-refractivity contribution in [1.82, 2.24) is 0 Å². The van der Waals surface area contributed by atoms with Crippen molar-refractivity contribution in [3.05, 3.63) is 108 Å². The van der Waals surface area contributed by atoms with Gasteiger partial charge in [0, 0.05) is 33.4 Å². The SMILES string of the molecule is CC(CS(C)(C)Cl)(c1cc(-c2ccc(O)c(O)c2)c(O)c(-c2ccc(O)c(O)c2)c1)c1cc(-c2ccc(O)c(O)c2)c(O)c(-c2ccc(O)c(O)c2)c1. The molecule has 0 heterocycles. The third-order valence-electron chi connectivity index (χ3n) is 9.27. The summed E-state index contributed by atoms with van der Waals surface area (Å²) in [4.78, 5) is 0. The Bertz CT molecular complexity index is 2100. The van der Waals surface area contributed by atoms with Gasteiger partial charge in [-0.05, 0) is 119 Å². The molecule has 6 aromatic carbocycles. The van der Waals surface area contributed by atoms with Crippen molar-refractivity contribution >= 4 is 19.9 Å². The molecule has 0 atom stereocenters. The van der Waals surface area contributed by atoms with Gasteiger partial charge >= 0.3 is 0 Å². The van der Waals surface area contributed by atoms with E-state index < -0.39 is 37.7 Å². The zero-order valence-electron chi connectivity index (χ0n) is 28.7. The number of halogens is 1. The van der Waals surface area contributed by atoms with Crippen LogP contribution in [0.5, 0.6) is 57.5 Å². The molecular formula is C41H37ClO10S. The first-order chi connectivity index (χ1) is 24.9. The van der Waals surface area contributed by atoms with Crippen LogP contribution in [0.15, 0.2) is 97.1 Å². The highest BCUT2D eigenvalue weighted by atomic mass is 35.7. The van der Waals surface area contributed by atoms with Gasteiger partial charge in [-0.15, -0.1) is 0 Å². The zero-order chi connectivity index (χ0) is 38.6. The summed E-state index contributed by atoms with van der Waals surface area (Å²) in [5, 5.41) is 106. The molecule has 0 spiro atoms. The summed E-state index contributed by atoms with van der Waals surface area (Å²) < 4.78 is 0. The molecule has 6 rings (SSSR count). The van der Waals surface area contributed by atoms with Crippen molar-refractivity contribution in [1.29, 1.82) is 0 Å². The summed E-state index contributed by atoms with van der Waals surface area (Å²) in [6.45, 7) is 1.93. The molecule has 0 saturated heterocycles. The van der Waals surface area contributed by atoms with Crippen LogP contribution in [-0.2, 0) is 5.41 Å². The zero-order valence-corrected chi connectivity index (χ0v) is 30.3. The van der Waals surface area contributed by atoms with Crippen LogP contribution < -0.4 is 0 Å². The van der Waals surface area contributed by atoms with Crippen molar-refractivity contribution in [3.63, 3.8) is 0 Å². The predicted octanol–water partition coefficient (Wildman–Crippen LogP) is 8.93. The van der Waals surface area contributed by atoms with E-state index in [4.69, 9.17) is 10.7 Å². The minimum atomic E-state index is -1.90. The van der Waals surface area contributed by atoms with Crippen molar-refractivity contribution in [2.24, 2.45) is 0 Å². The summed E-state index contributed by atoms with van der Waals surface area (Å²) in [5.74, 6) is -3.29. The standard InChI is InChI=1S/C41H37ClO10S/c1-41(20-53(2,3)42,25-16-27(21-4-8-31(43)35(47)12-21)39(51)28(17-25)22-5-9-32(44)36(48)13-22)26-18-29(23-6-10-33(45)37(49)14-23)40(52)30(19-26)24-7-11-34(46)38(50)15-24/h4-19,43-52H,20H2,1-3H3. The van der Waals surface area contributed by atoms with Crippen LogP contribution in [0.3, 0.4) is 0 Å². The number of rotatable bonds is 8. The van der Waals surface area contributed by atoms with Crippen molar-refractivity contribution in [2.75, 3.05) is 18.3 Å². The molecule has 6 aromatic rings. The molecule has 0 aromatic heterocycles. The Morgan fingerprint density at radius 1 is 0.415 bits per heavy atom. The van der Waals surface area contributed by atoms with E-state index in [-0.39, 0.29) is 56.8 Å². The fraction of sp³-hybridized carbons (Fsp3) is 0.122. The molecule has 0 aliphatic carbocycles. The van der Waals surface area contributed by atoms with E-state index in [9.17, 15) is 51.1 Å². The van der Waals surface area contributed by atoms with Crippen LogP contribution >= 0.6 is 19.9 Å². The molecular weight excluding hydrogens is 720 g/mol. The Hall–Kier alpha value is -6.04. The first-order valence-electron chi connectivity index (χ1n) is 16.1. The monoisotopic (exact) mass is 756 g/mol. The van der Waals surface area contributed by atoms with Gasteiger partial charge in [-0.1, -0.05) is 41.9 Å². The molecule has 0 radical (unpaired) electrons. The van der Waals surface area contributed by atoms with Gasteiger partial charge in [0.15, 0.2) is 46.0 Å². The van der Waals surface area contributed by atoms with E-state index in [1.807, 2.05) is 19.4 Å². The third-order valence-corrected chi connectivity index (χ3v) is 10.9. The molecule has 0 saturated carbocycles. The highest BCUT2D eigenvalue weighted by molar-refractivity contribution is 8.50. The van der Waals surface area contributed by atoms with Crippen LogP contribution in [0.2, 0.25) is 0 Å². The Labute approximate surface area is 310 Å². The van der Waals surface area contributed by atoms with Gasteiger partial charge in [0.25, 0.3) is 0 Å². The molecule has 0 amide bonds. The average Bonchev–Trinajstić information content (AvgIpc) is 3.09. The average molecular weight is 757 g/mol. The van der Waals surface area contributed by atoms with Gasteiger partial charge < -0.3 is 51.1 Å². The fourth-order valence-electron chi connectivity index (χ4n) is 6.57. The molecule has 0 aliphatic heterocycles. The second kappa shape index (κ2) is 13.5. The van der Waals surface area contributed by atoms with Crippen LogP contribution in [0.4, 0.5) is 0 Å². The van der Waals surface area contributed by atoms with Gasteiger partial charge in [0.2, 0.25) is 0 Å². The lowest BCUT2D eigenvalue weighted by Gasteiger charge is -2.39. The van der Waals surface area contributed by atoms with Crippen LogP contribution in [-0.4, -0.2) is 69.3 Å². The molecule has 53 heavy (non-hydrogen) atoms. The maximum Gasteiger partial charge on any atom is 0.158 e. The Kier molecular flexibility index (Phi) is 9.36. The first-order valence-corrected chi connectivity index (χ1v) is 19.6. The summed E-state index contributed by atoms with van der Waals surface area (Å²) in [6, 6.07) is 23.3. The number of phenolic OH excluding ortho intramolecular Hbond substituents is 10. The van der Waals surface area contributed by atoms with E-state index in [1.54, 1.807) is 24.3 Å². The lowest BCUT2D eigenvalue weighted by atomic mass is 9.74. The minimum absolute atomic E-state index is 0.227. The minimum Gasteiger partial charge on any atom is -0.507 e. The Morgan fingerprint density at radius 3 is 0.868 bits per heavy atom. The van der Waals surface area contributed by atoms with Crippen LogP contribution in [0.1, 0.15) is 18.1 Å². The number of hydrogen-bond donors (Lipinski definition) is 10. The third kappa shape index (κ3) is 7.09. The van der Waals surface area contributed by atoms with Gasteiger partial charge in [-0.25, -0.2) is 0 Å². The normalized spacial score (nSPS) is 12.2. The van der Waals surface area contributed by atoms with Gasteiger partial charge in [-0.3, -0.25) is 0 Å². The Balaban J connectivity index is 1.72. The highest BCUT2D eigenvalue weighted by Crippen LogP contribution is 2.56. The smallest absolute Gasteiger partial charge is 0.158 e. The largest absolute Gasteiger partial charge is 0.507 e. The summed E-state index contributed by atoms with van der Waals surface area (Å²) in [5.41, 5.74) is 2.48. The number of hydrogen-bond acceptors (Lipinski definition) is 10. The topological polar surface area (TPSA) is 202 Å². The lowest BCUT2D eigenvalue weighted by molar-refractivity contribution is 0.404. The molecule has 10 nitrogen and oxygen atoms in total. The second-order valence-electron chi connectivity index (χ2n) is 13.5. The molecule has 12 heteroatoms. The predicted molar refractivity (Wildman–Crippen MR) is 208 cm³/mol. The van der Waals surface area contributed by atoms with Crippen molar-refractivity contribution in [2.45, 2.75) is 12.3 Å². The summed E-state index contributed by atoms with van der Waals surface area (Å²) in [6.07, 6.45) is 3.81. The lowest BCUT2D eigenvalue weighted by Crippen LogP contribution is -2.30. The number of phenols is 10. The first kappa shape index (κ1) is 36.7. The van der Waals surface area contributed by atoms with E-state index in [0.29, 0.717) is 39.1 Å². The summed E-state index contributed by atoms with van der Waals surface area (Å²) in [7, 11) is 5.20. The van der Waals surface area contributed by atoms with Crippen LogP contribution in [0, 0.1) is 0 Å². The summed E-state index contributed by atoms with van der Waals surface area (Å²) >= 11 is 0. The van der Waals surface area contributed by atoms with Crippen molar-refractivity contribution in [3.8, 4) is 102 Å². The highest BCUT2D eigenvalue weighted by Gasteiger charge is 2.36. The maximum atomic E-state index is 11.8. The van der Waals surface area contributed by atoms with Gasteiger partial charge in [0.1, 0.15) is 11.5 Å². The quantitative estimate of drug-likeness (QED) is 0.0668. The molecule has 0 unspecified atom stereocenters. The molecule has 0 bridgehead atoms. The van der Waals surface area contributed by atoms with Crippen LogP contribution in [0.25, 0.3) is 44.5 Å². The van der Waals surface area contributed by atoms with E-state index >= 15 is 0 Å². The second-order valence-corrected chi connectivity index (χ2v) is 19.1. The number of benzene rings is 6. The molecule has 0 fully saturated rings. The van der Waals surface area contributed by atoms with Crippen molar-refractivity contribution < 1.29 is 51.1 Å². The number of aromatic hydroxyl groups is 10. The van der Waals surface area contributed by atoms with E-state index in [2.05, 4.69) is 0 Å². The van der Waals surface area contributed by atoms with E-state index in [1.165, 1.54) is 72.8 Å². The van der Waals surface area contributed by atoms with Gasteiger partial charge in [-0.2, -0.15) is 9.24 Å². The fourth-order valence-corrected chi connectivity index (χ4v) is 8.93. The molecule has 274 valence electrons. The molecule has 0 aliphatic rings. The maximum absolute atomic E-state index is 11.8. The molecule has 10 N–H and O–H groups in total. The van der Waals surface area contributed by atoms with E-state index in [0.717, 1.165) is 0 Å². The van der Waals surface area contributed by atoms with Gasteiger partial charge in [0.05, 0.1) is 0 Å². The Morgan fingerprint density at radius 2 is 0.660 bits per heavy atom.